The van der Waals surface area contributed by atoms with E-state index in [4.69, 9.17) is 4.74 Å². The molecule has 1 aromatic rings. The molecular formula is C20H30N2O2. The zero-order valence-electron chi connectivity index (χ0n) is 15.3. The van der Waals surface area contributed by atoms with Gasteiger partial charge in [0, 0.05) is 25.7 Å². The van der Waals surface area contributed by atoms with Crippen LogP contribution in [0.25, 0.3) is 0 Å². The Balaban J connectivity index is 1.38. The highest BCUT2D eigenvalue weighted by molar-refractivity contribution is 5.68. The number of benzene rings is 1. The summed E-state index contributed by atoms with van der Waals surface area (Å²) in [5.41, 5.74) is 1.39. The zero-order valence-corrected chi connectivity index (χ0v) is 15.3. The second-order valence-electron chi connectivity index (χ2n) is 8.62. The van der Waals surface area contributed by atoms with Crippen LogP contribution in [-0.2, 0) is 11.3 Å². The van der Waals surface area contributed by atoms with Gasteiger partial charge in [-0.2, -0.15) is 0 Å². The van der Waals surface area contributed by atoms with Crippen molar-refractivity contribution >= 4 is 6.09 Å². The molecule has 2 aliphatic carbocycles. The summed E-state index contributed by atoms with van der Waals surface area (Å²) in [6.07, 6.45) is 4.51. The van der Waals surface area contributed by atoms with Crippen molar-refractivity contribution in [3.63, 3.8) is 0 Å². The average Bonchev–Trinajstić information content (AvgIpc) is 2.42. The minimum absolute atomic E-state index is 0.194. The van der Waals surface area contributed by atoms with Gasteiger partial charge in [0.1, 0.15) is 5.60 Å². The molecule has 0 heterocycles. The van der Waals surface area contributed by atoms with E-state index in [2.05, 4.69) is 35.6 Å². The number of nitrogens with one attached hydrogen (secondary N) is 1. The molecular weight excluding hydrogens is 300 g/mol. The predicted molar refractivity (Wildman–Crippen MR) is 95.8 cm³/mol. The zero-order chi connectivity index (χ0) is 17.4. The van der Waals surface area contributed by atoms with E-state index in [1.165, 1.54) is 18.4 Å². The lowest BCUT2D eigenvalue weighted by molar-refractivity contribution is -0.0701. The number of carbonyl (C=O) groups excluding carboxylic acids is 1. The Morgan fingerprint density at radius 1 is 1.21 bits per heavy atom. The normalized spacial score (nSPS) is 28.8. The van der Waals surface area contributed by atoms with Gasteiger partial charge < -0.3 is 15.0 Å². The van der Waals surface area contributed by atoms with E-state index in [9.17, 15) is 4.79 Å². The Labute approximate surface area is 145 Å². The van der Waals surface area contributed by atoms with Gasteiger partial charge in [-0.1, -0.05) is 30.3 Å². The van der Waals surface area contributed by atoms with E-state index >= 15 is 0 Å². The van der Waals surface area contributed by atoms with Crippen LogP contribution in [-0.4, -0.2) is 35.7 Å². The minimum atomic E-state index is -0.421. The summed E-state index contributed by atoms with van der Waals surface area (Å²) < 4.78 is 5.46. The molecule has 1 spiro atoms. The van der Waals surface area contributed by atoms with Crippen LogP contribution >= 0.6 is 0 Å². The molecule has 2 fully saturated rings. The average molecular weight is 330 g/mol. The topological polar surface area (TPSA) is 41.6 Å². The molecule has 0 radical (unpaired) electrons. The molecule has 0 saturated heterocycles. The maximum atomic E-state index is 12.1. The van der Waals surface area contributed by atoms with Crippen LogP contribution in [0.5, 0.6) is 0 Å². The van der Waals surface area contributed by atoms with Crippen LogP contribution in [0.2, 0.25) is 0 Å². The van der Waals surface area contributed by atoms with Crippen molar-refractivity contribution in [3.05, 3.63) is 35.9 Å². The van der Waals surface area contributed by atoms with Crippen molar-refractivity contribution in [2.24, 2.45) is 5.41 Å². The Morgan fingerprint density at radius 3 is 2.42 bits per heavy atom. The lowest BCUT2D eigenvalue weighted by Crippen LogP contribution is -2.60. The van der Waals surface area contributed by atoms with Gasteiger partial charge in [-0.25, -0.2) is 4.79 Å². The minimum Gasteiger partial charge on any atom is -0.444 e. The summed E-state index contributed by atoms with van der Waals surface area (Å²) >= 11 is 0. The number of amides is 1. The van der Waals surface area contributed by atoms with Crippen LogP contribution < -0.4 is 5.32 Å². The summed E-state index contributed by atoms with van der Waals surface area (Å²) in [5, 5.41) is 3.65. The van der Waals surface area contributed by atoms with Crippen LogP contribution in [0.1, 0.15) is 52.0 Å². The van der Waals surface area contributed by atoms with Crippen molar-refractivity contribution < 1.29 is 9.53 Å². The third kappa shape index (κ3) is 3.92. The summed E-state index contributed by atoms with van der Waals surface area (Å²) in [4.78, 5) is 13.9. The van der Waals surface area contributed by atoms with Gasteiger partial charge in [0.25, 0.3) is 0 Å². The van der Waals surface area contributed by atoms with Gasteiger partial charge in [0.15, 0.2) is 0 Å². The van der Waals surface area contributed by atoms with E-state index in [0.717, 1.165) is 19.4 Å². The quantitative estimate of drug-likeness (QED) is 0.909. The molecule has 1 aromatic carbocycles. The van der Waals surface area contributed by atoms with Gasteiger partial charge in [-0.05, 0) is 57.4 Å². The molecule has 2 aliphatic rings. The fraction of sp³-hybridized carbons (Fsp3) is 0.650. The van der Waals surface area contributed by atoms with Crippen molar-refractivity contribution in [1.29, 1.82) is 0 Å². The maximum Gasteiger partial charge on any atom is 0.410 e. The van der Waals surface area contributed by atoms with Gasteiger partial charge in [-0.15, -0.1) is 0 Å². The molecule has 4 nitrogen and oxygen atoms in total. The molecule has 132 valence electrons. The molecule has 4 heteroatoms. The number of rotatable bonds is 4. The predicted octanol–water partition coefficient (Wildman–Crippen LogP) is 3.95. The fourth-order valence-electron chi connectivity index (χ4n) is 4.02. The molecule has 0 unspecified atom stereocenters. The molecule has 0 atom stereocenters. The Bertz CT molecular complexity index is 565. The second kappa shape index (κ2) is 6.40. The first kappa shape index (κ1) is 17.3. The summed E-state index contributed by atoms with van der Waals surface area (Å²) in [6, 6.07) is 11.5. The van der Waals surface area contributed by atoms with Crippen LogP contribution in [0.3, 0.4) is 0 Å². The molecule has 24 heavy (non-hydrogen) atoms. The first-order chi connectivity index (χ1) is 11.3. The van der Waals surface area contributed by atoms with E-state index < -0.39 is 5.60 Å². The van der Waals surface area contributed by atoms with Crippen LogP contribution in [0.4, 0.5) is 4.79 Å². The number of hydrogen-bond donors (Lipinski definition) is 1. The highest BCUT2D eigenvalue weighted by atomic mass is 16.6. The lowest BCUT2D eigenvalue weighted by Gasteiger charge is -2.59. The van der Waals surface area contributed by atoms with Crippen molar-refractivity contribution in [3.8, 4) is 0 Å². The van der Waals surface area contributed by atoms with Crippen LogP contribution in [0, 0.1) is 5.41 Å². The Morgan fingerprint density at radius 2 is 1.83 bits per heavy atom. The van der Waals surface area contributed by atoms with Gasteiger partial charge in [-0.3, -0.25) is 0 Å². The second-order valence-corrected chi connectivity index (χ2v) is 8.62. The fourth-order valence-corrected chi connectivity index (χ4v) is 4.02. The monoisotopic (exact) mass is 330 g/mol. The highest BCUT2D eigenvalue weighted by Gasteiger charge is 2.54. The van der Waals surface area contributed by atoms with E-state index in [0.29, 0.717) is 17.5 Å². The Kier molecular flexibility index (Phi) is 4.60. The largest absolute Gasteiger partial charge is 0.444 e. The number of nitrogens with zero attached hydrogens (tertiary/aromatic N) is 1. The molecule has 2 saturated carbocycles. The highest BCUT2D eigenvalue weighted by Crippen LogP contribution is 2.57. The van der Waals surface area contributed by atoms with Crippen molar-refractivity contribution in [2.45, 2.75) is 70.7 Å². The molecule has 1 N–H and O–H groups in total. The van der Waals surface area contributed by atoms with E-state index in [-0.39, 0.29) is 6.09 Å². The maximum absolute atomic E-state index is 12.1. The van der Waals surface area contributed by atoms with Gasteiger partial charge in [0.05, 0.1) is 0 Å². The molecule has 3 rings (SSSR count). The molecule has 0 bridgehead atoms. The first-order valence-electron chi connectivity index (χ1n) is 9.00. The van der Waals surface area contributed by atoms with Crippen LogP contribution in [0.15, 0.2) is 30.3 Å². The van der Waals surface area contributed by atoms with Gasteiger partial charge >= 0.3 is 6.09 Å². The molecule has 1 amide bonds. The third-order valence-electron chi connectivity index (χ3n) is 5.36. The SMILES string of the molecule is CN(C(=O)OC(C)(C)C)C1CC2(CC(NCc3ccccc3)C2)C1. The van der Waals surface area contributed by atoms with Crippen molar-refractivity contribution in [2.75, 3.05) is 7.05 Å². The standard InChI is InChI=1S/C20H30N2O2/c1-19(2,3)24-18(23)22(4)17-12-20(13-17)10-16(11-20)21-14-15-8-6-5-7-9-15/h5-9,16-17,21H,10-14H2,1-4H3. The molecule has 0 aliphatic heterocycles. The summed E-state index contributed by atoms with van der Waals surface area (Å²) in [6.45, 7) is 6.69. The number of carbonyl (C=O) groups is 1. The third-order valence-corrected chi connectivity index (χ3v) is 5.36. The molecule has 0 aromatic heterocycles. The Hall–Kier alpha value is -1.55. The summed E-state index contributed by atoms with van der Waals surface area (Å²) in [7, 11) is 1.87. The number of ether oxygens (including phenoxy) is 1. The smallest absolute Gasteiger partial charge is 0.410 e. The van der Waals surface area contributed by atoms with E-state index in [1.54, 1.807) is 4.90 Å². The van der Waals surface area contributed by atoms with Gasteiger partial charge in [0.2, 0.25) is 0 Å². The first-order valence-corrected chi connectivity index (χ1v) is 9.00. The number of hydrogen-bond acceptors (Lipinski definition) is 3. The lowest BCUT2D eigenvalue weighted by atomic mass is 9.52. The van der Waals surface area contributed by atoms with Crippen molar-refractivity contribution in [1.82, 2.24) is 10.2 Å². The summed E-state index contributed by atoms with van der Waals surface area (Å²) in [5.74, 6) is 0. The van der Waals surface area contributed by atoms with E-state index in [1.807, 2.05) is 27.8 Å².